The lowest BCUT2D eigenvalue weighted by Gasteiger charge is -2.28. The second kappa shape index (κ2) is 6.21. The number of hydrogen-bond donors (Lipinski definition) is 1. The smallest absolute Gasteiger partial charge is 0.407 e. The van der Waals surface area contributed by atoms with E-state index >= 15 is 0 Å². The number of alkyl halides is 1. The van der Waals surface area contributed by atoms with Gasteiger partial charge in [-0.15, -0.1) is 0 Å². The van der Waals surface area contributed by atoms with Gasteiger partial charge in [0, 0.05) is 12.5 Å². The third-order valence-corrected chi connectivity index (χ3v) is 5.25. The largest absolute Gasteiger partial charge is 0.461 e. The van der Waals surface area contributed by atoms with Gasteiger partial charge in [0.1, 0.15) is 12.7 Å². The molecule has 0 aromatic heterocycles. The second-order valence-corrected chi connectivity index (χ2v) is 6.98. The van der Waals surface area contributed by atoms with Crippen LogP contribution in [0.15, 0.2) is 30.3 Å². The Morgan fingerprint density at radius 1 is 1.33 bits per heavy atom. The molecule has 21 heavy (non-hydrogen) atoms. The molecule has 2 fully saturated rings. The molecule has 2 aliphatic rings. The Morgan fingerprint density at radius 2 is 2.10 bits per heavy atom. The molecule has 3 rings (SSSR count). The minimum absolute atomic E-state index is 0.00138. The van der Waals surface area contributed by atoms with Crippen LogP contribution in [0.4, 0.5) is 4.79 Å². The van der Waals surface area contributed by atoms with Crippen LogP contribution in [-0.2, 0) is 20.9 Å². The predicted molar refractivity (Wildman–Crippen MR) is 84.0 cm³/mol. The molecule has 1 heterocycles. The van der Waals surface area contributed by atoms with E-state index in [-0.39, 0.29) is 34.6 Å². The predicted octanol–water partition coefficient (Wildman–Crippen LogP) is 2.42. The zero-order valence-electron chi connectivity index (χ0n) is 11.3. The van der Waals surface area contributed by atoms with Gasteiger partial charge in [-0.25, -0.2) is 4.79 Å². The van der Waals surface area contributed by atoms with Crippen molar-refractivity contribution in [2.75, 3.05) is 0 Å². The number of carbonyl (C=O) groups excluding carboxylic acids is 2. The van der Waals surface area contributed by atoms with Crippen molar-refractivity contribution in [3.8, 4) is 0 Å². The fourth-order valence-electron chi connectivity index (χ4n) is 2.82. The zero-order valence-corrected chi connectivity index (χ0v) is 13.5. The summed E-state index contributed by atoms with van der Waals surface area (Å²) in [5.41, 5.74) is 0.934. The van der Waals surface area contributed by atoms with Crippen molar-refractivity contribution in [3.63, 3.8) is 0 Å². The van der Waals surface area contributed by atoms with Gasteiger partial charge in [-0.05, 0) is 12.0 Å². The summed E-state index contributed by atoms with van der Waals surface area (Å²) < 4.78 is 10.7. The summed E-state index contributed by atoms with van der Waals surface area (Å²) in [4.78, 5) is 23.6. The van der Waals surface area contributed by atoms with Crippen molar-refractivity contribution in [3.05, 3.63) is 35.9 Å². The van der Waals surface area contributed by atoms with E-state index in [0.29, 0.717) is 6.42 Å². The van der Waals surface area contributed by atoms with Crippen molar-refractivity contribution in [1.82, 2.24) is 5.32 Å². The molecule has 1 saturated heterocycles. The molecule has 1 aromatic carbocycles. The van der Waals surface area contributed by atoms with Crippen LogP contribution in [0.2, 0.25) is 0 Å². The number of ether oxygens (including phenoxy) is 2. The highest BCUT2D eigenvalue weighted by molar-refractivity contribution is 14.1. The summed E-state index contributed by atoms with van der Waals surface area (Å²) in [7, 11) is 0. The van der Waals surface area contributed by atoms with Gasteiger partial charge in [0.05, 0.1) is 9.84 Å². The van der Waals surface area contributed by atoms with Gasteiger partial charge >= 0.3 is 12.1 Å². The summed E-state index contributed by atoms with van der Waals surface area (Å²) in [6.07, 6.45) is 0.949. The van der Waals surface area contributed by atoms with Crippen LogP contribution in [0.3, 0.4) is 0 Å². The fourth-order valence-corrected chi connectivity index (χ4v) is 3.80. The zero-order chi connectivity index (χ0) is 14.8. The van der Waals surface area contributed by atoms with Gasteiger partial charge in [-0.3, -0.25) is 4.79 Å². The van der Waals surface area contributed by atoms with Crippen molar-refractivity contribution >= 4 is 34.7 Å². The number of halogens is 1. The van der Waals surface area contributed by atoms with E-state index in [2.05, 4.69) is 27.9 Å². The standard InChI is InChI=1S/C15H16INO4/c16-11-7-12(10-6-13(11)21-14(10)18)17-15(19)20-8-9-4-2-1-3-5-9/h1-5,10-13H,6-8H2,(H,17,19)/t10-,11+,12-,13+/m0/s1. The van der Waals surface area contributed by atoms with Gasteiger partial charge in [0.15, 0.2) is 0 Å². The number of rotatable bonds is 3. The highest BCUT2D eigenvalue weighted by Gasteiger charge is 2.48. The summed E-state index contributed by atoms with van der Waals surface area (Å²) in [6.45, 7) is 0.227. The molecule has 0 unspecified atom stereocenters. The van der Waals surface area contributed by atoms with Crippen LogP contribution < -0.4 is 5.32 Å². The SMILES string of the molecule is O=C(N[C@H]1C[C@@H](I)[C@H]2C[C@@H]1C(=O)O2)OCc1ccccc1. The third kappa shape index (κ3) is 3.30. The molecule has 1 aromatic rings. The van der Waals surface area contributed by atoms with E-state index in [1.165, 1.54) is 0 Å². The number of esters is 1. The third-order valence-electron chi connectivity index (χ3n) is 3.94. The molecular weight excluding hydrogens is 385 g/mol. The Kier molecular flexibility index (Phi) is 4.32. The van der Waals surface area contributed by atoms with E-state index in [1.807, 2.05) is 30.3 Å². The van der Waals surface area contributed by atoms with Crippen LogP contribution >= 0.6 is 22.6 Å². The van der Waals surface area contributed by atoms with Crippen molar-refractivity contribution in [1.29, 1.82) is 0 Å². The molecule has 5 nitrogen and oxygen atoms in total. The summed E-state index contributed by atoms with van der Waals surface area (Å²) >= 11 is 2.28. The molecular formula is C15H16INO4. The lowest BCUT2D eigenvalue weighted by atomic mass is 9.85. The quantitative estimate of drug-likeness (QED) is 0.480. The Hall–Kier alpha value is -1.31. The van der Waals surface area contributed by atoms with Gasteiger partial charge in [-0.1, -0.05) is 52.9 Å². The van der Waals surface area contributed by atoms with Crippen LogP contribution in [0.1, 0.15) is 18.4 Å². The topological polar surface area (TPSA) is 64.6 Å². The molecule has 1 N–H and O–H groups in total. The molecule has 1 aliphatic carbocycles. The molecule has 1 amide bonds. The van der Waals surface area contributed by atoms with Crippen LogP contribution in [-0.4, -0.2) is 28.1 Å². The molecule has 6 heteroatoms. The highest BCUT2D eigenvalue weighted by atomic mass is 127. The lowest BCUT2D eigenvalue weighted by molar-refractivity contribution is -0.143. The van der Waals surface area contributed by atoms with E-state index < -0.39 is 6.09 Å². The lowest BCUT2D eigenvalue weighted by Crippen LogP contribution is -2.46. The summed E-state index contributed by atoms with van der Waals surface area (Å²) in [5, 5.41) is 2.81. The normalized spacial score (nSPS) is 30.6. The van der Waals surface area contributed by atoms with Crippen molar-refractivity contribution in [2.24, 2.45) is 5.92 Å². The monoisotopic (exact) mass is 401 g/mol. The maximum absolute atomic E-state index is 11.9. The molecule has 112 valence electrons. The first-order chi connectivity index (χ1) is 10.1. The Morgan fingerprint density at radius 3 is 2.86 bits per heavy atom. The van der Waals surface area contributed by atoms with Gasteiger partial charge in [-0.2, -0.15) is 0 Å². The number of benzene rings is 1. The second-order valence-electron chi connectivity index (χ2n) is 5.38. The molecule has 0 spiro atoms. The first-order valence-corrected chi connectivity index (χ1v) is 8.20. The highest BCUT2D eigenvalue weighted by Crippen LogP contribution is 2.38. The summed E-state index contributed by atoms with van der Waals surface area (Å²) in [5.74, 6) is -0.433. The molecule has 1 aliphatic heterocycles. The van der Waals surface area contributed by atoms with Gasteiger partial charge in [0.2, 0.25) is 0 Å². The van der Waals surface area contributed by atoms with E-state index in [0.717, 1.165) is 12.0 Å². The Balaban J connectivity index is 1.54. The number of carbonyl (C=O) groups is 2. The minimum Gasteiger partial charge on any atom is -0.461 e. The van der Waals surface area contributed by atoms with E-state index in [9.17, 15) is 9.59 Å². The van der Waals surface area contributed by atoms with Crippen LogP contribution in [0.25, 0.3) is 0 Å². The Bertz CT molecular complexity index is 536. The first kappa shape index (κ1) is 14.6. The maximum Gasteiger partial charge on any atom is 0.407 e. The first-order valence-electron chi connectivity index (χ1n) is 6.95. The van der Waals surface area contributed by atoms with Crippen LogP contribution in [0, 0.1) is 5.92 Å². The molecule has 0 radical (unpaired) electrons. The average molecular weight is 401 g/mol. The van der Waals surface area contributed by atoms with Crippen LogP contribution in [0.5, 0.6) is 0 Å². The van der Waals surface area contributed by atoms with E-state index in [4.69, 9.17) is 9.47 Å². The Labute approximate surface area is 136 Å². The van der Waals surface area contributed by atoms with Crippen molar-refractivity contribution < 1.29 is 19.1 Å². The van der Waals surface area contributed by atoms with Crippen molar-refractivity contribution in [2.45, 2.75) is 35.5 Å². The molecule has 2 bridgehead atoms. The number of alkyl carbamates (subject to hydrolysis) is 1. The summed E-state index contributed by atoms with van der Waals surface area (Å²) in [6, 6.07) is 9.30. The number of fused-ring (bicyclic) bond motifs is 2. The van der Waals surface area contributed by atoms with E-state index in [1.54, 1.807) is 0 Å². The molecule has 1 saturated carbocycles. The minimum atomic E-state index is -0.481. The van der Waals surface area contributed by atoms with Gasteiger partial charge in [0.25, 0.3) is 0 Å². The number of nitrogens with one attached hydrogen (secondary N) is 1. The molecule has 4 atom stereocenters. The van der Waals surface area contributed by atoms with Gasteiger partial charge < -0.3 is 14.8 Å². The number of hydrogen-bond acceptors (Lipinski definition) is 4. The average Bonchev–Trinajstić information content (AvgIpc) is 2.83. The fraction of sp³-hybridized carbons (Fsp3) is 0.467. The maximum atomic E-state index is 11.9. The number of amides is 1.